The van der Waals surface area contributed by atoms with Crippen molar-refractivity contribution in [1.29, 1.82) is 0 Å². The third-order valence-corrected chi connectivity index (χ3v) is 5.72. The maximum Gasteiger partial charge on any atom is 0.335 e. The van der Waals surface area contributed by atoms with Crippen molar-refractivity contribution in [2.75, 3.05) is 6.54 Å². The van der Waals surface area contributed by atoms with Crippen LogP contribution in [0.25, 0.3) is 10.6 Å². The smallest absolute Gasteiger partial charge is 0.335 e. The molecule has 2 heterocycles. The number of carbonyl (C=O) groups excluding carboxylic acids is 1. The molecular formula is C24H18ClN3O4S. The van der Waals surface area contributed by atoms with Gasteiger partial charge in [0.25, 0.3) is 5.91 Å². The summed E-state index contributed by atoms with van der Waals surface area (Å²) in [6.07, 6.45) is 3.69. The Morgan fingerprint density at radius 1 is 1.09 bits per heavy atom. The lowest BCUT2D eigenvalue weighted by Gasteiger charge is -2.12. The van der Waals surface area contributed by atoms with E-state index in [1.807, 2.05) is 23.6 Å². The number of hydrogen-bond donors (Lipinski definition) is 2. The highest BCUT2D eigenvalue weighted by molar-refractivity contribution is 7.13. The van der Waals surface area contributed by atoms with Crippen LogP contribution in [-0.4, -0.2) is 33.5 Å². The van der Waals surface area contributed by atoms with Crippen LogP contribution in [0.5, 0.6) is 11.6 Å². The Balaban J connectivity index is 1.45. The Bertz CT molecular complexity index is 1280. The maximum absolute atomic E-state index is 12.8. The largest absolute Gasteiger partial charge is 0.478 e. The molecule has 0 atom stereocenters. The number of rotatable bonds is 8. The van der Waals surface area contributed by atoms with Gasteiger partial charge in [-0.1, -0.05) is 35.9 Å². The van der Waals surface area contributed by atoms with Gasteiger partial charge in [0.05, 0.1) is 10.6 Å². The number of pyridine rings is 1. The Labute approximate surface area is 198 Å². The summed E-state index contributed by atoms with van der Waals surface area (Å²) in [6.45, 7) is 0.344. The molecule has 0 aliphatic heterocycles. The topological polar surface area (TPSA) is 101 Å². The number of carboxylic acids is 1. The van der Waals surface area contributed by atoms with Crippen molar-refractivity contribution >= 4 is 34.8 Å². The van der Waals surface area contributed by atoms with Crippen LogP contribution in [0.15, 0.2) is 72.4 Å². The first kappa shape index (κ1) is 22.4. The van der Waals surface area contributed by atoms with Crippen LogP contribution in [0.4, 0.5) is 0 Å². The van der Waals surface area contributed by atoms with E-state index in [9.17, 15) is 9.59 Å². The summed E-state index contributed by atoms with van der Waals surface area (Å²) in [5.41, 5.74) is 2.23. The zero-order valence-corrected chi connectivity index (χ0v) is 18.8. The number of hydrogen-bond acceptors (Lipinski definition) is 6. The molecule has 0 radical (unpaired) electrons. The summed E-state index contributed by atoms with van der Waals surface area (Å²) in [4.78, 5) is 32.3. The Morgan fingerprint density at radius 2 is 1.91 bits per heavy atom. The normalized spacial score (nSPS) is 10.6. The van der Waals surface area contributed by atoms with Crippen LogP contribution in [0.1, 0.15) is 26.3 Å². The molecule has 1 amide bonds. The van der Waals surface area contributed by atoms with E-state index in [0.29, 0.717) is 23.7 Å². The second-order valence-corrected chi connectivity index (χ2v) is 8.31. The van der Waals surface area contributed by atoms with Gasteiger partial charge in [-0.05, 0) is 42.3 Å². The highest BCUT2D eigenvalue weighted by atomic mass is 35.5. The van der Waals surface area contributed by atoms with E-state index >= 15 is 0 Å². The zero-order chi connectivity index (χ0) is 23.2. The minimum atomic E-state index is -0.979. The molecule has 0 saturated carbocycles. The van der Waals surface area contributed by atoms with Crippen molar-refractivity contribution in [2.24, 2.45) is 0 Å². The fourth-order valence-electron chi connectivity index (χ4n) is 3.07. The maximum atomic E-state index is 12.8. The first-order valence-corrected chi connectivity index (χ1v) is 11.2. The molecule has 166 valence electrons. The summed E-state index contributed by atoms with van der Waals surface area (Å²) in [5.74, 6) is -0.699. The third kappa shape index (κ3) is 5.74. The van der Waals surface area contributed by atoms with Gasteiger partial charge < -0.3 is 15.2 Å². The lowest BCUT2D eigenvalue weighted by Crippen LogP contribution is -2.26. The van der Waals surface area contributed by atoms with Crippen LogP contribution in [-0.2, 0) is 6.42 Å². The number of aromatic nitrogens is 2. The van der Waals surface area contributed by atoms with Gasteiger partial charge in [-0.15, -0.1) is 11.3 Å². The predicted octanol–water partition coefficient (Wildman–Crippen LogP) is 5.32. The summed E-state index contributed by atoms with van der Waals surface area (Å²) < 4.78 is 5.92. The zero-order valence-electron chi connectivity index (χ0n) is 17.2. The monoisotopic (exact) mass is 479 g/mol. The van der Waals surface area contributed by atoms with Crippen molar-refractivity contribution in [1.82, 2.24) is 15.3 Å². The van der Waals surface area contributed by atoms with Crippen LogP contribution < -0.4 is 10.1 Å². The van der Waals surface area contributed by atoms with Crippen LogP contribution in [0, 0.1) is 0 Å². The van der Waals surface area contributed by atoms with Gasteiger partial charge in [0.2, 0.25) is 5.88 Å². The standard InChI is InChI=1S/C24H18ClN3O4S/c25-18-13-20(21(29)26-9-8-15-4-6-16(7-5-15)24(30)31)22(28-14-18)32-19-3-1-2-17(12-19)23-27-10-11-33-23/h1-7,10-14H,8-9H2,(H,26,29)(H,30,31). The first-order valence-electron chi connectivity index (χ1n) is 9.93. The molecule has 9 heteroatoms. The van der Waals surface area contributed by atoms with Gasteiger partial charge in [0.1, 0.15) is 16.3 Å². The molecule has 0 aliphatic rings. The highest BCUT2D eigenvalue weighted by Crippen LogP contribution is 2.30. The number of aromatic carboxylic acids is 1. The Kier molecular flexibility index (Phi) is 6.97. The predicted molar refractivity (Wildman–Crippen MR) is 126 cm³/mol. The number of nitrogens with zero attached hydrogens (tertiary/aromatic N) is 2. The molecule has 33 heavy (non-hydrogen) atoms. The third-order valence-electron chi connectivity index (χ3n) is 4.69. The number of amides is 1. The molecule has 2 aromatic heterocycles. The molecule has 0 fully saturated rings. The lowest BCUT2D eigenvalue weighted by molar-refractivity contribution is 0.0696. The van der Waals surface area contributed by atoms with Gasteiger partial charge in [-0.3, -0.25) is 4.79 Å². The van der Waals surface area contributed by atoms with Crippen molar-refractivity contribution in [3.63, 3.8) is 0 Å². The molecule has 0 unspecified atom stereocenters. The van der Waals surface area contributed by atoms with Crippen molar-refractivity contribution in [3.05, 3.63) is 94.1 Å². The van der Waals surface area contributed by atoms with Crippen molar-refractivity contribution in [2.45, 2.75) is 6.42 Å². The van der Waals surface area contributed by atoms with Crippen LogP contribution in [0.2, 0.25) is 5.02 Å². The van der Waals surface area contributed by atoms with E-state index in [-0.39, 0.29) is 22.9 Å². The molecule has 4 aromatic rings. The molecule has 0 saturated heterocycles. The van der Waals surface area contributed by atoms with Gasteiger partial charge in [-0.2, -0.15) is 0 Å². The number of halogens is 1. The molecule has 2 aromatic carbocycles. The number of thiazole rings is 1. The molecule has 0 bridgehead atoms. The summed E-state index contributed by atoms with van der Waals surface area (Å²) >= 11 is 7.59. The summed E-state index contributed by atoms with van der Waals surface area (Å²) in [7, 11) is 0. The Morgan fingerprint density at radius 3 is 2.64 bits per heavy atom. The van der Waals surface area contributed by atoms with Crippen LogP contribution in [0.3, 0.4) is 0 Å². The van der Waals surface area contributed by atoms with E-state index in [2.05, 4.69) is 15.3 Å². The number of ether oxygens (including phenoxy) is 1. The van der Waals surface area contributed by atoms with Crippen molar-refractivity contribution in [3.8, 4) is 22.2 Å². The van der Waals surface area contributed by atoms with Crippen LogP contribution >= 0.6 is 22.9 Å². The fourth-order valence-corrected chi connectivity index (χ4v) is 3.86. The summed E-state index contributed by atoms with van der Waals surface area (Å²) in [6, 6.07) is 15.4. The van der Waals surface area contributed by atoms with E-state index in [1.165, 1.54) is 35.7 Å². The lowest BCUT2D eigenvalue weighted by atomic mass is 10.1. The number of carboxylic acid groups (broad SMARTS) is 1. The minimum Gasteiger partial charge on any atom is -0.478 e. The number of benzene rings is 2. The Hall–Kier alpha value is -3.75. The van der Waals surface area contributed by atoms with Gasteiger partial charge in [-0.25, -0.2) is 14.8 Å². The molecule has 0 spiro atoms. The second-order valence-electron chi connectivity index (χ2n) is 6.98. The number of nitrogens with one attached hydrogen (secondary N) is 1. The van der Waals surface area contributed by atoms with Gasteiger partial charge >= 0.3 is 5.97 Å². The SMILES string of the molecule is O=C(O)c1ccc(CCNC(=O)c2cc(Cl)cnc2Oc2cccc(-c3nccs3)c2)cc1. The second kappa shape index (κ2) is 10.2. The average molecular weight is 480 g/mol. The van der Waals surface area contributed by atoms with Crippen molar-refractivity contribution < 1.29 is 19.4 Å². The van der Waals surface area contributed by atoms with E-state index in [4.69, 9.17) is 21.4 Å². The minimum absolute atomic E-state index is 0.138. The van der Waals surface area contributed by atoms with E-state index in [1.54, 1.807) is 24.4 Å². The quantitative estimate of drug-likeness (QED) is 0.354. The summed E-state index contributed by atoms with van der Waals surface area (Å²) in [5, 5.41) is 14.9. The average Bonchev–Trinajstić information content (AvgIpc) is 3.36. The first-order chi connectivity index (χ1) is 16.0. The molecule has 4 rings (SSSR count). The van der Waals surface area contributed by atoms with E-state index < -0.39 is 5.97 Å². The molecular weight excluding hydrogens is 462 g/mol. The number of carbonyl (C=O) groups is 2. The molecule has 7 nitrogen and oxygen atoms in total. The van der Waals surface area contributed by atoms with Gasteiger partial charge in [0.15, 0.2) is 0 Å². The van der Waals surface area contributed by atoms with E-state index in [0.717, 1.165) is 16.1 Å². The molecule has 2 N–H and O–H groups in total. The molecule has 0 aliphatic carbocycles. The van der Waals surface area contributed by atoms with Gasteiger partial charge in [0, 0.05) is 29.9 Å². The highest BCUT2D eigenvalue weighted by Gasteiger charge is 2.16. The fraction of sp³-hybridized carbons (Fsp3) is 0.0833.